The van der Waals surface area contributed by atoms with Crippen LogP contribution in [0, 0.1) is 0 Å². The molecule has 0 spiro atoms. The highest BCUT2D eigenvalue weighted by molar-refractivity contribution is 5.21. The molecule has 0 radical (unpaired) electrons. The van der Waals surface area contributed by atoms with Crippen molar-refractivity contribution in [2.24, 2.45) is 0 Å². The zero-order valence-corrected chi connectivity index (χ0v) is 13.3. The predicted octanol–water partition coefficient (Wildman–Crippen LogP) is 2.61. The third kappa shape index (κ3) is 2.83. The average Bonchev–Trinajstić information content (AvgIpc) is 3.16. The number of rotatable bonds is 3. The number of halogens is 3. The number of hydrogen-bond acceptors (Lipinski definition) is 3. The van der Waals surface area contributed by atoms with Gasteiger partial charge in [0.2, 0.25) is 5.82 Å². The Balaban J connectivity index is 1.50. The molecule has 0 bridgehead atoms. The summed E-state index contributed by atoms with van der Waals surface area (Å²) in [6, 6.07) is 0.244. The smallest absolute Gasteiger partial charge is 0.348 e. The summed E-state index contributed by atoms with van der Waals surface area (Å²) in [5, 5.41) is 3.39. The molecule has 1 unspecified atom stereocenters. The Hall–Kier alpha value is -1.83. The van der Waals surface area contributed by atoms with E-state index < -0.39 is 12.0 Å². The van der Waals surface area contributed by atoms with E-state index in [9.17, 15) is 13.2 Å². The van der Waals surface area contributed by atoms with Crippen LogP contribution in [0.4, 0.5) is 13.2 Å². The van der Waals surface area contributed by atoms with Crippen LogP contribution in [0.25, 0.3) is 0 Å². The van der Waals surface area contributed by atoms with Crippen LogP contribution in [-0.4, -0.2) is 25.6 Å². The van der Waals surface area contributed by atoms with Gasteiger partial charge in [0.25, 0.3) is 0 Å². The van der Waals surface area contributed by atoms with Gasteiger partial charge in [-0.3, -0.25) is 0 Å². The minimum absolute atomic E-state index is 0.244. The van der Waals surface area contributed by atoms with Crippen LogP contribution < -0.4 is 5.32 Å². The third-order valence-corrected chi connectivity index (χ3v) is 5.00. The number of aromatic nitrogens is 4. The Morgan fingerprint density at radius 3 is 3.00 bits per heavy atom. The van der Waals surface area contributed by atoms with Crippen LogP contribution in [0.15, 0.2) is 6.33 Å². The van der Waals surface area contributed by atoms with Crippen molar-refractivity contribution in [3.63, 3.8) is 0 Å². The summed E-state index contributed by atoms with van der Waals surface area (Å²) in [6.07, 6.45) is 2.37. The molecule has 0 amide bonds. The van der Waals surface area contributed by atoms with Crippen LogP contribution in [0.3, 0.4) is 0 Å². The lowest BCUT2D eigenvalue weighted by Gasteiger charge is -2.23. The molecule has 3 heterocycles. The Morgan fingerprint density at radius 2 is 2.17 bits per heavy atom. The van der Waals surface area contributed by atoms with Crippen molar-refractivity contribution in [1.29, 1.82) is 0 Å². The second-order valence-electron chi connectivity index (χ2n) is 6.58. The number of alkyl halides is 3. The monoisotopic (exact) mass is 339 g/mol. The molecule has 1 atom stereocenters. The van der Waals surface area contributed by atoms with Gasteiger partial charge in [0.05, 0.1) is 17.7 Å². The SMILES string of the molecule is FC(F)(F)c1nc(CNC2CCc3nc[nH]c3C2)c2n1CCCC2. The molecule has 2 aliphatic rings. The van der Waals surface area contributed by atoms with Crippen LogP contribution in [-0.2, 0) is 38.5 Å². The Morgan fingerprint density at radius 1 is 1.29 bits per heavy atom. The summed E-state index contributed by atoms with van der Waals surface area (Å²) in [5.41, 5.74) is 3.53. The maximum absolute atomic E-state index is 13.2. The maximum Gasteiger partial charge on any atom is 0.449 e. The molecule has 2 aromatic heterocycles. The van der Waals surface area contributed by atoms with Crippen molar-refractivity contribution in [3.8, 4) is 0 Å². The number of aromatic amines is 1. The molecule has 0 saturated heterocycles. The van der Waals surface area contributed by atoms with Crippen LogP contribution in [0.2, 0.25) is 0 Å². The molecule has 1 aliphatic carbocycles. The van der Waals surface area contributed by atoms with Crippen LogP contribution in [0.5, 0.6) is 0 Å². The molecule has 2 N–H and O–H groups in total. The molecule has 1 aliphatic heterocycles. The normalized spacial score (nSPS) is 20.7. The van der Waals surface area contributed by atoms with Crippen molar-refractivity contribution in [2.75, 3.05) is 0 Å². The summed E-state index contributed by atoms with van der Waals surface area (Å²) in [4.78, 5) is 11.4. The zero-order chi connectivity index (χ0) is 16.7. The number of imidazole rings is 2. The number of fused-ring (bicyclic) bond motifs is 2. The summed E-state index contributed by atoms with van der Waals surface area (Å²) in [5.74, 6) is -0.742. The largest absolute Gasteiger partial charge is 0.449 e. The molecule has 0 saturated carbocycles. The first-order chi connectivity index (χ1) is 11.5. The van der Waals surface area contributed by atoms with E-state index in [1.54, 1.807) is 6.33 Å². The fourth-order valence-electron chi connectivity index (χ4n) is 3.79. The third-order valence-electron chi connectivity index (χ3n) is 5.00. The van der Waals surface area contributed by atoms with E-state index in [1.807, 2.05) is 0 Å². The Labute approximate surface area is 137 Å². The van der Waals surface area contributed by atoms with Crippen molar-refractivity contribution in [1.82, 2.24) is 24.8 Å². The lowest BCUT2D eigenvalue weighted by molar-refractivity contribution is -0.147. The average molecular weight is 339 g/mol. The van der Waals surface area contributed by atoms with Gasteiger partial charge >= 0.3 is 6.18 Å². The van der Waals surface area contributed by atoms with Gasteiger partial charge in [-0.15, -0.1) is 0 Å². The van der Waals surface area contributed by atoms with Crippen molar-refractivity contribution in [3.05, 3.63) is 34.9 Å². The molecule has 8 heteroatoms. The minimum Gasteiger partial charge on any atom is -0.348 e. The standard InChI is InChI=1S/C16H20F3N5/c17-16(18,19)15-23-13(14-3-1-2-6-24(14)15)8-20-10-4-5-11-12(7-10)22-9-21-11/h9-10,20H,1-8H2,(H,21,22). The summed E-state index contributed by atoms with van der Waals surface area (Å²) < 4.78 is 41.0. The second kappa shape index (κ2) is 5.91. The lowest BCUT2D eigenvalue weighted by Crippen LogP contribution is -2.34. The van der Waals surface area contributed by atoms with Gasteiger partial charge < -0.3 is 14.9 Å². The van der Waals surface area contributed by atoms with Crippen molar-refractivity contribution >= 4 is 0 Å². The second-order valence-corrected chi connectivity index (χ2v) is 6.58. The summed E-state index contributed by atoms with van der Waals surface area (Å²) >= 11 is 0. The molecule has 0 fully saturated rings. The number of nitrogens with one attached hydrogen (secondary N) is 2. The topological polar surface area (TPSA) is 58.5 Å². The van der Waals surface area contributed by atoms with Gasteiger partial charge in [-0.05, 0) is 32.1 Å². The fraction of sp³-hybridized carbons (Fsp3) is 0.625. The van der Waals surface area contributed by atoms with Crippen molar-refractivity contribution < 1.29 is 13.2 Å². The maximum atomic E-state index is 13.2. The molecular formula is C16H20F3N5. The lowest BCUT2D eigenvalue weighted by atomic mass is 9.96. The molecular weight excluding hydrogens is 319 g/mol. The molecule has 2 aromatic rings. The van der Waals surface area contributed by atoms with E-state index >= 15 is 0 Å². The van der Waals surface area contributed by atoms with E-state index in [4.69, 9.17) is 0 Å². The fourth-order valence-corrected chi connectivity index (χ4v) is 3.79. The van der Waals surface area contributed by atoms with E-state index in [-0.39, 0.29) is 6.04 Å². The number of nitrogens with zero attached hydrogens (tertiary/aromatic N) is 3. The highest BCUT2D eigenvalue weighted by Gasteiger charge is 2.39. The zero-order valence-electron chi connectivity index (χ0n) is 13.3. The van der Waals surface area contributed by atoms with Gasteiger partial charge in [0.15, 0.2) is 0 Å². The van der Waals surface area contributed by atoms with Crippen molar-refractivity contribution in [2.45, 2.75) is 63.8 Å². The van der Waals surface area contributed by atoms with Gasteiger partial charge in [-0.25, -0.2) is 9.97 Å². The van der Waals surface area contributed by atoms with Crippen LogP contribution in [0.1, 0.15) is 47.9 Å². The Bertz CT molecular complexity index is 731. The van der Waals surface area contributed by atoms with Gasteiger partial charge in [0.1, 0.15) is 0 Å². The highest BCUT2D eigenvalue weighted by atomic mass is 19.4. The first-order valence-electron chi connectivity index (χ1n) is 8.42. The van der Waals surface area contributed by atoms with Gasteiger partial charge in [-0.2, -0.15) is 13.2 Å². The quantitative estimate of drug-likeness (QED) is 0.904. The molecule has 24 heavy (non-hydrogen) atoms. The highest BCUT2D eigenvalue weighted by Crippen LogP contribution is 2.33. The van der Waals surface area contributed by atoms with Gasteiger partial charge in [-0.1, -0.05) is 0 Å². The van der Waals surface area contributed by atoms with Crippen LogP contribution >= 0.6 is 0 Å². The number of H-pyrrole nitrogens is 1. The van der Waals surface area contributed by atoms with E-state index in [0.29, 0.717) is 25.2 Å². The van der Waals surface area contributed by atoms with Gasteiger partial charge in [0, 0.05) is 36.9 Å². The number of hydrogen-bond donors (Lipinski definition) is 2. The minimum atomic E-state index is -4.39. The molecule has 0 aromatic carbocycles. The van der Waals surface area contributed by atoms with E-state index in [1.165, 1.54) is 4.57 Å². The first-order valence-corrected chi connectivity index (χ1v) is 8.42. The molecule has 130 valence electrons. The number of aryl methyl sites for hydroxylation is 1. The predicted molar refractivity (Wildman–Crippen MR) is 81.4 cm³/mol. The summed E-state index contributed by atoms with van der Waals surface area (Å²) in [7, 11) is 0. The summed E-state index contributed by atoms with van der Waals surface area (Å²) in [6.45, 7) is 0.803. The van der Waals surface area contributed by atoms with E-state index in [0.717, 1.165) is 49.2 Å². The molecule has 4 rings (SSSR count). The molecule has 5 nitrogen and oxygen atoms in total. The Kier molecular flexibility index (Phi) is 3.86. The van der Waals surface area contributed by atoms with E-state index in [2.05, 4.69) is 20.3 Å². The first kappa shape index (κ1) is 15.7.